The summed E-state index contributed by atoms with van der Waals surface area (Å²) in [5.41, 5.74) is 0. The monoisotopic (exact) mass is 889 g/mol. The predicted molar refractivity (Wildman–Crippen MR) is 265 cm³/mol. The first-order valence-electron chi connectivity index (χ1n) is 26.0. The van der Waals surface area contributed by atoms with Crippen LogP contribution in [0, 0.1) is 23.7 Å². The molecule has 0 saturated carbocycles. The molecule has 8 nitrogen and oxygen atoms in total. The molecule has 9 heteroatoms. The summed E-state index contributed by atoms with van der Waals surface area (Å²) in [5, 5.41) is 25.1. The van der Waals surface area contributed by atoms with Gasteiger partial charge in [0.25, 0.3) is 0 Å². The van der Waals surface area contributed by atoms with E-state index in [0.717, 1.165) is 77.0 Å². The molecule has 4 unspecified atom stereocenters. The lowest BCUT2D eigenvalue weighted by molar-refractivity contribution is -0.141. The summed E-state index contributed by atoms with van der Waals surface area (Å²) in [6.07, 6.45) is 46.1. The van der Waals surface area contributed by atoms with Crippen molar-refractivity contribution < 1.29 is 29.4 Å². The Bertz CT molecular complexity index is 1100. The molecule has 0 aromatic heterocycles. The first-order valence-corrected chi connectivity index (χ1v) is 26.4. The van der Waals surface area contributed by atoms with Crippen LogP contribution in [0.2, 0.25) is 0 Å². The minimum Gasteiger partial charge on any atom is -0.481 e. The Balaban J connectivity index is 5.89. The van der Waals surface area contributed by atoms with Crippen LogP contribution >= 0.6 is 12.2 Å². The van der Waals surface area contributed by atoms with Gasteiger partial charge in [-0.1, -0.05) is 232 Å². The molecule has 0 aliphatic carbocycles. The molecule has 0 heterocycles. The van der Waals surface area contributed by atoms with Crippen LogP contribution in [0.5, 0.6) is 0 Å². The van der Waals surface area contributed by atoms with Gasteiger partial charge in [0.05, 0.1) is 24.7 Å². The molecular weight excluding hydrogens is 793 g/mol. The van der Waals surface area contributed by atoms with Gasteiger partial charge >= 0.3 is 11.9 Å². The van der Waals surface area contributed by atoms with E-state index in [0.29, 0.717) is 12.8 Å². The van der Waals surface area contributed by atoms with E-state index in [1.807, 2.05) is 12.2 Å². The van der Waals surface area contributed by atoms with Crippen LogP contribution in [0.3, 0.4) is 0 Å². The van der Waals surface area contributed by atoms with Crippen LogP contribution in [0.1, 0.15) is 259 Å². The molecule has 2 amide bonds. The maximum absolute atomic E-state index is 13.9. The summed E-state index contributed by atoms with van der Waals surface area (Å²) in [6.45, 7) is 8.88. The van der Waals surface area contributed by atoms with Gasteiger partial charge in [0, 0.05) is 0 Å². The summed E-state index contributed by atoms with van der Waals surface area (Å²) in [4.78, 5) is 52.2. The number of amides is 2. The molecule has 4 N–H and O–H groups in total. The van der Waals surface area contributed by atoms with Gasteiger partial charge in [-0.2, -0.15) is 0 Å². The first-order chi connectivity index (χ1) is 30.1. The van der Waals surface area contributed by atoms with E-state index in [9.17, 15) is 29.4 Å². The lowest BCUT2D eigenvalue weighted by Crippen LogP contribution is -2.48. The van der Waals surface area contributed by atoms with Crippen LogP contribution < -0.4 is 10.6 Å². The number of hydrogen-bond acceptors (Lipinski definition) is 5. The third kappa shape index (κ3) is 35.9. The lowest BCUT2D eigenvalue weighted by Gasteiger charge is -2.25. The highest BCUT2D eigenvalue weighted by Gasteiger charge is 2.32. The highest BCUT2D eigenvalue weighted by molar-refractivity contribution is 7.80. The standard InChI is InChI=1S/C53H96N2O6S/c1-5-9-13-17-21-25-29-33-37-41-45(39-35-31-27-23-19-15-11-7-3)47(43-49(56)57)51(60)54-53(62)55-52(61)48(44-50(58)59)46(40-36-32-28-24-20-16-12-8-4)42-38-34-30-26-22-18-14-10-6-2/h37-38,41-42,45-48H,5-36,39-40,43-44H2,1-4H3,(H,56,57)(H,58,59)(H2,54,55,60,61,62)/b41-37-,42-38+. The summed E-state index contributed by atoms with van der Waals surface area (Å²) >= 11 is 5.53. The first kappa shape index (κ1) is 59.5. The van der Waals surface area contributed by atoms with E-state index < -0.39 is 35.6 Å². The average Bonchev–Trinajstić information content (AvgIpc) is 3.23. The van der Waals surface area contributed by atoms with Crippen molar-refractivity contribution in [3.8, 4) is 0 Å². The van der Waals surface area contributed by atoms with Crippen molar-refractivity contribution in [3.63, 3.8) is 0 Å². The molecule has 0 aliphatic heterocycles. The zero-order valence-electron chi connectivity index (χ0n) is 40.5. The summed E-state index contributed by atoms with van der Waals surface area (Å²) < 4.78 is 0. The Hall–Kier alpha value is -2.55. The molecule has 0 radical (unpaired) electrons. The molecule has 62 heavy (non-hydrogen) atoms. The number of thiocarbonyl (C=S) groups is 1. The van der Waals surface area contributed by atoms with Crippen LogP contribution in [0.4, 0.5) is 0 Å². The number of unbranched alkanes of at least 4 members (excludes halogenated alkanes) is 28. The van der Waals surface area contributed by atoms with E-state index in [4.69, 9.17) is 12.2 Å². The highest BCUT2D eigenvalue weighted by atomic mass is 32.1. The van der Waals surface area contributed by atoms with Gasteiger partial charge < -0.3 is 20.8 Å². The largest absolute Gasteiger partial charge is 0.481 e. The highest BCUT2D eigenvalue weighted by Crippen LogP contribution is 2.28. The fourth-order valence-corrected chi connectivity index (χ4v) is 8.77. The second kappa shape index (κ2) is 43.7. The van der Waals surface area contributed by atoms with Gasteiger partial charge in [-0.25, -0.2) is 0 Å². The Labute approximate surface area is 386 Å². The minimum absolute atomic E-state index is 0.207. The third-order valence-electron chi connectivity index (χ3n) is 12.5. The van der Waals surface area contributed by atoms with E-state index >= 15 is 0 Å². The molecule has 0 aromatic rings. The molecule has 0 aromatic carbocycles. The number of carboxylic acids is 2. The Morgan fingerprint density at radius 1 is 0.419 bits per heavy atom. The van der Waals surface area contributed by atoms with E-state index in [1.54, 1.807) is 0 Å². The smallest absolute Gasteiger partial charge is 0.304 e. The number of aliphatic carboxylic acids is 2. The number of nitrogens with one attached hydrogen (secondary N) is 2. The Morgan fingerprint density at radius 3 is 0.952 bits per heavy atom. The Kier molecular flexibility index (Phi) is 41.9. The van der Waals surface area contributed by atoms with Crippen molar-refractivity contribution in [3.05, 3.63) is 24.3 Å². The quantitative estimate of drug-likeness (QED) is 0.0272. The molecule has 0 saturated heterocycles. The van der Waals surface area contributed by atoms with Gasteiger partial charge in [0.1, 0.15) is 0 Å². The molecule has 0 fully saturated rings. The second-order valence-electron chi connectivity index (χ2n) is 18.2. The van der Waals surface area contributed by atoms with Crippen molar-refractivity contribution in [2.24, 2.45) is 23.7 Å². The van der Waals surface area contributed by atoms with Gasteiger partial charge in [-0.3, -0.25) is 19.2 Å². The van der Waals surface area contributed by atoms with Crippen LogP contribution in [0.15, 0.2) is 24.3 Å². The molecule has 0 aliphatic rings. The van der Waals surface area contributed by atoms with Crippen LogP contribution in [0.25, 0.3) is 0 Å². The normalized spacial score (nSPS) is 13.6. The third-order valence-corrected chi connectivity index (χ3v) is 12.7. The number of carbonyl (C=O) groups excluding carboxylic acids is 2. The Morgan fingerprint density at radius 2 is 0.677 bits per heavy atom. The summed E-state index contributed by atoms with van der Waals surface area (Å²) in [7, 11) is 0. The number of hydrogen-bond donors (Lipinski definition) is 4. The topological polar surface area (TPSA) is 133 Å². The second-order valence-corrected chi connectivity index (χ2v) is 18.7. The van der Waals surface area contributed by atoms with Crippen molar-refractivity contribution in [2.45, 2.75) is 259 Å². The summed E-state index contributed by atoms with van der Waals surface area (Å²) in [5.74, 6) is -5.47. The van der Waals surface area contributed by atoms with E-state index in [2.05, 4.69) is 50.5 Å². The SMILES string of the molecule is CCCCCCCCC/C=C\C(CCCCCCCCCC)C(CC(=O)O)C(=O)NC(=S)NC(=O)C(CC(=O)O)C(/C=C/CCCCCCCCC)CCCCCCCCCC. The molecular formula is C53H96N2O6S. The number of rotatable bonds is 44. The van der Waals surface area contributed by atoms with E-state index in [-0.39, 0.29) is 29.8 Å². The van der Waals surface area contributed by atoms with Gasteiger partial charge in [0.15, 0.2) is 5.11 Å². The average molecular weight is 889 g/mol. The lowest BCUT2D eigenvalue weighted by atomic mass is 9.83. The molecule has 0 bridgehead atoms. The van der Waals surface area contributed by atoms with Crippen LogP contribution in [-0.4, -0.2) is 39.1 Å². The van der Waals surface area contributed by atoms with Gasteiger partial charge in [-0.05, 0) is 62.6 Å². The zero-order chi connectivity index (χ0) is 45.9. The van der Waals surface area contributed by atoms with Crippen molar-refractivity contribution >= 4 is 41.1 Å². The number of carbonyl (C=O) groups is 4. The fourth-order valence-electron chi connectivity index (χ4n) is 8.57. The number of allylic oxidation sites excluding steroid dienone is 4. The summed E-state index contributed by atoms with van der Waals surface area (Å²) in [6, 6.07) is 0. The molecule has 4 atom stereocenters. The van der Waals surface area contributed by atoms with Crippen LogP contribution in [-0.2, 0) is 19.2 Å². The molecule has 0 rings (SSSR count). The number of carboxylic acid groups (broad SMARTS) is 2. The van der Waals surface area contributed by atoms with Crippen molar-refractivity contribution in [2.75, 3.05) is 0 Å². The maximum atomic E-state index is 13.9. The van der Waals surface area contributed by atoms with Gasteiger partial charge in [-0.15, -0.1) is 0 Å². The minimum atomic E-state index is -1.06. The maximum Gasteiger partial charge on any atom is 0.304 e. The van der Waals surface area contributed by atoms with E-state index in [1.165, 1.54) is 128 Å². The van der Waals surface area contributed by atoms with Gasteiger partial charge in [0.2, 0.25) is 11.8 Å². The predicted octanol–water partition coefficient (Wildman–Crippen LogP) is 15.4. The molecule has 360 valence electrons. The van der Waals surface area contributed by atoms with Crippen molar-refractivity contribution in [1.82, 2.24) is 10.6 Å². The zero-order valence-corrected chi connectivity index (χ0v) is 41.3. The fraction of sp³-hybridized carbons (Fsp3) is 0.830. The molecule has 0 spiro atoms. The van der Waals surface area contributed by atoms with Crippen molar-refractivity contribution in [1.29, 1.82) is 0 Å².